The highest BCUT2D eigenvalue weighted by Gasteiger charge is 2.34. The van der Waals surface area contributed by atoms with Gasteiger partial charge < -0.3 is 15.6 Å². The number of nitrogens with one attached hydrogen (secondary N) is 3. The van der Waals surface area contributed by atoms with Crippen LogP contribution >= 0.6 is 23.4 Å². The largest absolute Gasteiger partial charge is 0.325 e. The van der Waals surface area contributed by atoms with E-state index in [0.29, 0.717) is 16.3 Å². The predicted octanol–water partition coefficient (Wildman–Crippen LogP) is 3.92. The van der Waals surface area contributed by atoms with Gasteiger partial charge in [0.25, 0.3) is 5.56 Å². The van der Waals surface area contributed by atoms with Crippen LogP contribution in [0.5, 0.6) is 0 Å². The molecule has 3 N–H and O–H groups in total. The summed E-state index contributed by atoms with van der Waals surface area (Å²) in [7, 11) is 0. The minimum Gasteiger partial charge on any atom is -0.325 e. The van der Waals surface area contributed by atoms with Crippen LogP contribution in [0.3, 0.4) is 0 Å². The zero-order chi connectivity index (χ0) is 22.0. The molecule has 0 fully saturated rings. The molecule has 0 saturated heterocycles. The van der Waals surface area contributed by atoms with Crippen molar-refractivity contribution in [3.8, 4) is 0 Å². The Labute approximate surface area is 185 Å². The zero-order valence-corrected chi connectivity index (χ0v) is 17.5. The van der Waals surface area contributed by atoms with Crippen LogP contribution in [0, 0.1) is 5.82 Å². The maximum Gasteiger partial charge on any atom is 0.257 e. The Hall–Kier alpha value is -3.17. The van der Waals surface area contributed by atoms with Crippen molar-refractivity contribution in [2.75, 3.05) is 10.6 Å². The number of fused-ring (bicyclic) bond motifs is 1. The number of rotatable bonds is 5. The lowest BCUT2D eigenvalue weighted by Gasteiger charge is -2.23. The average Bonchev–Trinajstić information content (AvgIpc) is 2.72. The van der Waals surface area contributed by atoms with Crippen LogP contribution in [0.4, 0.5) is 15.9 Å². The zero-order valence-electron chi connectivity index (χ0n) is 15.9. The summed E-state index contributed by atoms with van der Waals surface area (Å²) in [6.07, 6.45) is -0.189. The second-order valence-electron chi connectivity index (χ2n) is 6.82. The van der Waals surface area contributed by atoms with Gasteiger partial charge in [0.2, 0.25) is 11.8 Å². The van der Waals surface area contributed by atoms with E-state index in [1.165, 1.54) is 6.07 Å². The van der Waals surface area contributed by atoms with Crippen LogP contribution in [-0.4, -0.2) is 21.8 Å². The quantitative estimate of drug-likeness (QED) is 0.397. The van der Waals surface area contributed by atoms with E-state index in [-0.39, 0.29) is 34.5 Å². The van der Waals surface area contributed by atoms with Gasteiger partial charge in [-0.1, -0.05) is 47.6 Å². The normalized spacial score (nSPS) is 15.2. The van der Waals surface area contributed by atoms with Gasteiger partial charge >= 0.3 is 0 Å². The first kappa shape index (κ1) is 21.1. The fraction of sp³-hybridized carbons (Fsp3) is 0.143. The van der Waals surface area contributed by atoms with Gasteiger partial charge in [-0.15, -0.1) is 0 Å². The highest BCUT2D eigenvalue weighted by atomic mass is 35.5. The number of carbonyl (C=O) groups is 2. The number of thioether (sulfide) groups is 1. The van der Waals surface area contributed by atoms with Crippen molar-refractivity contribution in [3.05, 3.63) is 80.9 Å². The number of carbonyl (C=O) groups excluding carboxylic acids is 2. The molecule has 2 aromatic carbocycles. The fourth-order valence-electron chi connectivity index (χ4n) is 3.20. The summed E-state index contributed by atoms with van der Waals surface area (Å²) in [5, 5.41) is 5.88. The van der Waals surface area contributed by atoms with Crippen molar-refractivity contribution in [2.24, 2.45) is 0 Å². The monoisotopic (exact) mass is 458 g/mol. The molecule has 1 aliphatic heterocycles. The molecule has 0 spiro atoms. The van der Waals surface area contributed by atoms with E-state index in [2.05, 4.69) is 20.6 Å². The van der Waals surface area contributed by atoms with E-state index in [0.717, 1.165) is 11.8 Å². The van der Waals surface area contributed by atoms with E-state index >= 15 is 0 Å². The molecule has 1 atom stereocenters. The number of anilines is 2. The van der Waals surface area contributed by atoms with Gasteiger partial charge in [0.1, 0.15) is 11.6 Å². The second-order valence-corrected chi connectivity index (χ2v) is 8.22. The molecule has 10 heteroatoms. The molecule has 4 rings (SSSR count). The van der Waals surface area contributed by atoms with Gasteiger partial charge in [0, 0.05) is 22.9 Å². The molecular formula is C21H16ClFN4O3S. The van der Waals surface area contributed by atoms with Crippen LogP contribution in [0.1, 0.15) is 23.5 Å². The lowest BCUT2D eigenvalue weighted by molar-refractivity contribution is -0.123. The lowest BCUT2D eigenvalue weighted by atomic mass is 9.92. The Morgan fingerprint density at radius 3 is 2.81 bits per heavy atom. The molecule has 1 aliphatic rings. The minimum absolute atomic E-state index is 0.0299. The number of aromatic nitrogens is 2. The third-order valence-electron chi connectivity index (χ3n) is 4.66. The Balaban J connectivity index is 1.58. The van der Waals surface area contributed by atoms with Crippen LogP contribution in [0.2, 0.25) is 5.02 Å². The van der Waals surface area contributed by atoms with Gasteiger partial charge in [-0.25, -0.2) is 9.37 Å². The number of hydrogen-bond donors (Lipinski definition) is 3. The van der Waals surface area contributed by atoms with Gasteiger partial charge in [0.15, 0.2) is 5.16 Å². The van der Waals surface area contributed by atoms with Crippen molar-refractivity contribution in [3.63, 3.8) is 0 Å². The molecule has 0 saturated carbocycles. The molecule has 1 unspecified atom stereocenters. The highest BCUT2D eigenvalue weighted by molar-refractivity contribution is 7.98. The molecule has 3 aromatic rings. The van der Waals surface area contributed by atoms with Crippen LogP contribution in [-0.2, 0) is 15.3 Å². The van der Waals surface area contributed by atoms with Crippen molar-refractivity contribution in [1.82, 2.24) is 9.97 Å². The van der Waals surface area contributed by atoms with Crippen LogP contribution in [0.25, 0.3) is 0 Å². The molecular weight excluding hydrogens is 443 g/mol. The molecule has 2 amide bonds. The lowest BCUT2D eigenvalue weighted by Crippen LogP contribution is -2.36. The Morgan fingerprint density at radius 1 is 1.23 bits per heavy atom. The van der Waals surface area contributed by atoms with Crippen LogP contribution in [0.15, 0.2) is 58.5 Å². The molecule has 0 aliphatic carbocycles. The third-order valence-corrected chi connectivity index (χ3v) is 5.82. The number of hydrogen-bond acceptors (Lipinski definition) is 5. The number of aromatic amines is 1. The summed E-state index contributed by atoms with van der Waals surface area (Å²) in [5.74, 6) is -2.05. The first-order valence-electron chi connectivity index (χ1n) is 9.27. The van der Waals surface area contributed by atoms with Crippen molar-refractivity contribution in [2.45, 2.75) is 23.2 Å². The summed E-state index contributed by atoms with van der Waals surface area (Å²) in [6, 6.07) is 12.8. The minimum atomic E-state index is -1.01. The van der Waals surface area contributed by atoms with Gasteiger partial charge in [-0.3, -0.25) is 14.4 Å². The molecule has 1 aromatic heterocycles. The molecule has 0 radical (unpaired) electrons. The standard InChI is InChI=1S/C21H16ClFN4O3S/c22-12-5-3-6-13(8-12)24-19(29)14-9-16(28)25-18-17(14)20(30)27-21(26-18)31-10-11-4-1-2-7-15(11)23/h1-8,14H,9-10H2,(H,24,29)(H2,25,26,27,28,30). The second kappa shape index (κ2) is 8.91. The predicted molar refractivity (Wildman–Crippen MR) is 117 cm³/mol. The molecule has 158 valence electrons. The van der Waals surface area contributed by atoms with Gasteiger partial charge in [-0.05, 0) is 29.8 Å². The molecule has 2 heterocycles. The fourth-order valence-corrected chi connectivity index (χ4v) is 4.24. The van der Waals surface area contributed by atoms with Crippen LogP contribution < -0.4 is 16.2 Å². The van der Waals surface area contributed by atoms with E-state index in [1.54, 1.807) is 42.5 Å². The third kappa shape index (κ3) is 4.78. The summed E-state index contributed by atoms with van der Waals surface area (Å²) in [6.45, 7) is 0. The maximum atomic E-state index is 13.8. The smallest absolute Gasteiger partial charge is 0.257 e. The SMILES string of the molecule is O=C1CC(C(=O)Nc2cccc(Cl)c2)c2c(nc(SCc3ccccc3F)[nH]c2=O)N1. The highest BCUT2D eigenvalue weighted by Crippen LogP contribution is 2.31. The topological polar surface area (TPSA) is 104 Å². The van der Waals surface area contributed by atoms with E-state index in [4.69, 9.17) is 11.6 Å². The average molecular weight is 459 g/mol. The first-order valence-corrected chi connectivity index (χ1v) is 10.6. The summed E-state index contributed by atoms with van der Waals surface area (Å²) in [5.41, 5.74) is 0.448. The summed E-state index contributed by atoms with van der Waals surface area (Å²) >= 11 is 7.06. The molecule has 0 bridgehead atoms. The number of H-pyrrole nitrogens is 1. The van der Waals surface area contributed by atoms with Gasteiger partial charge in [-0.2, -0.15) is 0 Å². The van der Waals surface area contributed by atoms with E-state index in [9.17, 15) is 18.8 Å². The number of halogens is 2. The number of nitrogens with zero attached hydrogens (tertiary/aromatic N) is 1. The first-order chi connectivity index (χ1) is 14.9. The van der Waals surface area contributed by atoms with Crippen molar-refractivity contribution in [1.29, 1.82) is 0 Å². The maximum absolute atomic E-state index is 13.8. The molecule has 7 nitrogen and oxygen atoms in total. The molecule has 31 heavy (non-hydrogen) atoms. The Morgan fingerprint density at radius 2 is 2.03 bits per heavy atom. The van der Waals surface area contributed by atoms with Gasteiger partial charge in [0.05, 0.1) is 11.5 Å². The Bertz CT molecular complexity index is 1230. The number of amides is 2. The summed E-state index contributed by atoms with van der Waals surface area (Å²) in [4.78, 5) is 44.6. The number of benzene rings is 2. The summed E-state index contributed by atoms with van der Waals surface area (Å²) < 4.78 is 13.8. The van der Waals surface area contributed by atoms with Crippen molar-refractivity contribution < 1.29 is 14.0 Å². The Kier molecular flexibility index (Phi) is 6.06. The van der Waals surface area contributed by atoms with Crippen molar-refractivity contribution >= 4 is 46.7 Å². The van der Waals surface area contributed by atoms with E-state index < -0.39 is 23.3 Å². The van der Waals surface area contributed by atoms with E-state index in [1.807, 2.05) is 0 Å².